The predicted molar refractivity (Wildman–Crippen MR) is 131 cm³/mol. The number of carbonyl (C=O) groups is 3. The first-order valence-electron chi connectivity index (χ1n) is 11.8. The van der Waals surface area contributed by atoms with E-state index in [1.165, 1.54) is 11.3 Å². The van der Waals surface area contributed by atoms with Gasteiger partial charge in [0, 0.05) is 5.38 Å². The first-order valence-corrected chi connectivity index (χ1v) is 12.7. The van der Waals surface area contributed by atoms with E-state index in [0.29, 0.717) is 30.2 Å². The molecule has 1 aliphatic carbocycles. The molecule has 1 spiro atoms. The molecular weight excluding hydrogens is 452 g/mol. The lowest BCUT2D eigenvalue weighted by atomic mass is 9.65. The summed E-state index contributed by atoms with van der Waals surface area (Å²) in [7, 11) is 0. The lowest BCUT2D eigenvalue weighted by Crippen LogP contribution is -2.51. The van der Waals surface area contributed by atoms with Crippen LogP contribution in [0.25, 0.3) is 0 Å². The lowest BCUT2D eigenvalue weighted by molar-refractivity contribution is -0.135. The average Bonchev–Trinajstić information content (AvgIpc) is 3.42. The molecule has 2 aromatic rings. The highest BCUT2D eigenvalue weighted by Gasteiger charge is 2.53. The molecule has 8 nitrogen and oxygen atoms in total. The van der Waals surface area contributed by atoms with Gasteiger partial charge in [0.05, 0.1) is 16.9 Å². The van der Waals surface area contributed by atoms with E-state index in [-0.39, 0.29) is 24.5 Å². The van der Waals surface area contributed by atoms with E-state index in [1.54, 1.807) is 23.7 Å². The fourth-order valence-corrected chi connectivity index (χ4v) is 5.37. The second kappa shape index (κ2) is 9.74. The van der Waals surface area contributed by atoms with Crippen molar-refractivity contribution in [2.45, 2.75) is 65.0 Å². The molecule has 0 atom stereocenters. The Kier molecular flexibility index (Phi) is 6.93. The molecule has 4 amide bonds. The van der Waals surface area contributed by atoms with E-state index < -0.39 is 17.5 Å². The summed E-state index contributed by atoms with van der Waals surface area (Å²) in [5.74, 6) is 0.264. The summed E-state index contributed by atoms with van der Waals surface area (Å²) in [6.45, 7) is 6.66. The van der Waals surface area contributed by atoms with Crippen LogP contribution in [0, 0.1) is 11.3 Å². The number of nitrogens with one attached hydrogen (secondary N) is 2. The summed E-state index contributed by atoms with van der Waals surface area (Å²) >= 11 is 1.48. The van der Waals surface area contributed by atoms with Crippen LogP contribution in [0.3, 0.4) is 0 Å². The number of imide groups is 1. The molecule has 2 heterocycles. The zero-order valence-electron chi connectivity index (χ0n) is 19.9. The molecule has 1 saturated carbocycles. The minimum atomic E-state index is -0.883. The van der Waals surface area contributed by atoms with Crippen LogP contribution in [0.1, 0.15) is 58.6 Å². The first kappa shape index (κ1) is 24.2. The van der Waals surface area contributed by atoms with Crippen molar-refractivity contribution in [2.24, 2.45) is 11.3 Å². The van der Waals surface area contributed by atoms with Crippen LogP contribution in [-0.2, 0) is 16.2 Å². The largest absolute Gasteiger partial charge is 0.485 e. The van der Waals surface area contributed by atoms with Crippen molar-refractivity contribution >= 4 is 34.9 Å². The van der Waals surface area contributed by atoms with Crippen molar-refractivity contribution in [1.82, 2.24) is 15.2 Å². The van der Waals surface area contributed by atoms with Gasteiger partial charge in [0.2, 0.25) is 5.91 Å². The second-order valence-electron chi connectivity index (χ2n) is 9.83. The third kappa shape index (κ3) is 4.94. The van der Waals surface area contributed by atoms with Gasteiger partial charge in [-0.1, -0.05) is 39.3 Å². The normalized spacial score (nSPS) is 22.7. The zero-order valence-corrected chi connectivity index (χ0v) is 20.7. The Hall–Kier alpha value is -2.94. The minimum absolute atomic E-state index is 0.210. The number of thiazole rings is 1. The van der Waals surface area contributed by atoms with E-state index >= 15 is 0 Å². The number of hydrogen-bond acceptors (Lipinski definition) is 6. The molecule has 1 aromatic heterocycles. The Labute approximate surface area is 204 Å². The summed E-state index contributed by atoms with van der Waals surface area (Å²) in [6.07, 6.45) is 4.06. The van der Waals surface area contributed by atoms with Gasteiger partial charge in [-0.05, 0) is 49.1 Å². The van der Waals surface area contributed by atoms with Gasteiger partial charge < -0.3 is 15.4 Å². The van der Waals surface area contributed by atoms with Gasteiger partial charge in [-0.15, -0.1) is 11.3 Å². The highest BCUT2D eigenvalue weighted by molar-refractivity contribution is 7.07. The van der Waals surface area contributed by atoms with Crippen LogP contribution in [0.15, 0.2) is 35.2 Å². The Morgan fingerprint density at radius 3 is 2.71 bits per heavy atom. The molecule has 1 aliphatic heterocycles. The Balaban J connectivity index is 1.37. The van der Waals surface area contributed by atoms with E-state index in [1.807, 2.05) is 11.4 Å². The maximum Gasteiger partial charge on any atom is 0.325 e. The van der Waals surface area contributed by atoms with Crippen molar-refractivity contribution in [3.63, 3.8) is 0 Å². The molecule has 9 heteroatoms. The quantitative estimate of drug-likeness (QED) is 0.534. The van der Waals surface area contributed by atoms with Gasteiger partial charge in [-0.2, -0.15) is 0 Å². The van der Waals surface area contributed by atoms with Gasteiger partial charge >= 0.3 is 6.03 Å². The summed E-state index contributed by atoms with van der Waals surface area (Å²) in [5.41, 5.74) is 2.34. The molecule has 1 saturated heterocycles. The number of benzene rings is 1. The van der Waals surface area contributed by atoms with Crippen LogP contribution in [0.2, 0.25) is 0 Å². The smallest absolute Gasteiger partial charge is 0.325 e. The van der Waals surface area contributed by atoms with Gasteiger partial charge in [-0.3, -0.25) is 14.5 Å². The van der Waals surface area contributed by atoms with Gasteiger partial charge in [0.25, 0.3) is 5.91 Å². The number of ether oxygens (including phenoxy) is 1. The van der Waals surface area contributed by atoms with E-state index in [0.717, 1.165) is 29.9 Å². The standard InChI is InChI=1S/C25H32N4O4S/c1-4-24(2,3)17-9-11-25(12-10-17)22(31)29(23(32)28-25)13-21(30)27-19-7-5-6-8-20(19)33-14-18-15-34-16-26-18/h5-8,15-17H,4,9-14H2,1-3H3,(H,27,30)(H,28,32). The highest BCUT2D eigenvalue weighted by Crippen LogP contribution is 2.45. The van der Waals surface area contributed by atoms with E-state index in [9.17, 15) is 14.4 Å². The molecule has 34 heavy (non-hydrogen) atoms. The topological polar surface area (TPSA) is 101 Å². The summed E-state index contributed by atoms with van der Waals surface area (Å²) in [5, 5.41) is 7.58. The number of rotatable bonds is 8. The fraction of sp³-hybridized carbons (Fsp3) is 0.520. The molecular formula is C25H32N4O4S. The summed E-state index contributed by atoms with van der Waals surface area (Å²) in [6, 6.07) is 6.56. The van der Waals surface area contributed by atoms with Crippen LogP contribution < -0.4 is 15.4 Å². The van der Waals surface area contributed by atoms with Crippen molar-refractivity contribution in [1.29, 1.82) is 0 Å². The lowest BCUT2D eigenvalue weighted by Gasteiger charge is -2.42. The van der Waals surface area contributed by atoms with Crippen molar-refractivity contribution < 1.29 is 19.1 Å². The van der Waals surface area contributed by atoms with Crippen LogP contribution in [0.4, 0.5) is 10.5 Å². The number of amides is 4. The zero-order chi connectivity index (χ0) is 24.3. The monoisotopic (exact) mass is 484 g/mol. The maximum atomic E-state index is 13.2. The highest BCUT2D eigenvalue weighted by atomic mass is 32.1. The molecule has 2 fully saturated rings. The summed E-state index contributed by atoms with van der Waals surface area (Å²) < 4.78 is 5.80. The van der Waals surface area contributed by atoms with E-state index in [4.69, 9.17) is 4.74 Å². The van der Waals surface area contributed by atoms with Crippen molar-refractivity contribution in [3.05, 3.63) is 40.8 Å². The SMILES string of the molecule is CCC(C)(C)C1CCC2(CC1)NC(=O)N(CC(=O)Nc1ccccc1OCc1cscn1)C2=O. The maximum absolute atomic E-state index is 13.2. The number of anilines is 1. The fourth-order valence-electron chi connectivity index (χ4n) is 4.83. The van der Waals surface area contributed by atoms with Crippen LogP contribution >= 0.6 is 11.3 Å². The van der Waals surface area contributed by atoms with Crippen molar-refractivity contribution in [2.75, 3.05) is 11.9 Å². The van der Waals surface area contributed by atoms with Crippen LogP contribution in [-0.4, -0.2) is 39.8 Å². The summed E-state index contributed by atoms with van der Waals surface area (Å²) in [4.78, 5) is 43.9. The van der Waals surface area contributed by atoms with Gasteiger partial charge in [-0.25, -0.2) is 9.78 Å². The van der Waals surface area contributed by atoms with Crippen LogP contribution in [0.5, 0.6) is 5.75 Å². The van der Waals surface area contributed by atoms with Gasteiger partial charge in [0.15, 0.2) is 0 Å². The molecule has 0 radical (unpaired) electrons. The van der Waals surface area contributed by atoms with Crippen molar-refractivity contribution in [3.8, 4) is 5.75 Å². The number of nitrogens with zero attached hydrogens (tertiary/aromatic N) is 2. The average molecular weight is 485 g/mol. The Morgan fingerprint density at radius 2 is 2.03 bits per heavy atom. The molecule has 2 aliphatic rings. The number of aromatic nitrogens is 1. The van der Waals surface area contributed by atoms with E-state index in [2.05, 4.69) is 36.4 Å². The number of urea groups is 1. The molecule has 4 rings (SSSR count). The minimum Gasteiger partial charge on any atom is -0.485 e. The molecule has 2 N–H and O–H groups in total. The number of hydrogen-bond donors (Lipinski definition) is 2. The second-order valence-corrected chi connectivity index (χ2v) is 10.6. The third-order valence-corrected chi connectivity index (χ3v) is 8.06. The molecule has 0 unspecified atom stereocenters. The number of carbonyl (C=O) groups excluding carboxylic acids is 3. The predicted octanol–water partition coefficient (Wildman–Crippen LogP) is 4.58. The van der Waals surface area contributed by atoms with Gasteiger partial charge in [0.1, 0.15) is 24.4 Å². The molecule has 1 aromatic carbocycles. The Morgan fingerprint density at radius 1 is 1.29 bits per heavy atom. The molecule has 0 bridgehead atoms. The first-order chi connectivity index (χ1) is 16.2. The Bertz CT molecular complexity index is 1040. The number of para-hydroxylation sites is 2. The molecule has 182 valence electrons. The third-order valence-electron chi connectivity index (χ3n) is 7.42.